The lowest BCUT2D eigenvalue weighted by Gasteiger charge is -2.30. The van der Waals surface area contributed by atoms with Gasteiger partial charge in [0.1, 0.15) is 17.7 Å². The van der Waals surface area contributed by atoms with Gasteiger partial charge in [0.15, 0.2) is 0 Å². The second-order valence-corrected chi connectivity index (χ2v) is 9.04. The molecule has 0 radical (unpaired) electrons. The SMILES string of the molecule is COC(=O)[C@H](CCSC)NC(=O)C1CSC(C)N1C(=O)OC(C)(C)C. The molecule has 0 aromatic carbocycles. The van der Waals surface area contributed by atoms with Crippen LogP contribution in [-0.2, 0) is 19.1 Å². The van der Waals surface area contributed by atoms with Crippen LogP contribution in [0.3, 0.4) is 0 Å². The van der Waals surface area contributed by atoms with Crippen molar-refractivity contribution in [2.24, 2.45) is 0 Å². The molecule has 1 rings (SSSR count). The fourth-order valence-corrected chi connectivity index (χ4v) is 3.97. The second kappa shape index (κ2) is 9.56. The number of amides is 2. The Balaban J connectivity index is 2.83. The Hall–Kier alpha value is -1.09. The second-order valence-electron chi connectivity index (χ2n) is 6.70. The van der Waals surface area contributed by atoms with Gasteiger partial charge in [0.2, 0.25) is 5.91 Å². The van der Waals surface area contributed by atoms with E-state index in [9.17, 15) is 14.4 Å². The van der Waals surface area contributed by atoms with E-state index >= 15 is 0 Å². The maximum atomic E-state index is 12.7. The summed E-state index contributed by atoms with van der Waals surface area (Å²) in [7, 11) is 1.29. The Kier molecular flexibility index (Phi) is 8.40. The monoisotopic (exact) mass is 392 g/mol. The molecule has 1 saturated heterocycles. The molecule has 144 valence electrons. The van der Waals surface area contributed by atoms with Crippen molar-refractivity contribution in [3.8, 4) is 0 Å². The molecule has 7 nitrogen and oxygen atoms in total. The molecule has 3 atom stereocenters. The highest BCUT2D eigenvalue weighted by Crippen LogP contribution is 2.30. The van der Waals surface area contributed by atoms with Crippen LogP contribution < -0.4 is 5.32 Å². The first-order chi connectivity index (χ1) is 11.6. The summed E-state index contributed by atoms with van der Waals surface area (Å²) in [6, 6.07) is -1.39. The third-order valence-corrected chi connectivity index (χ3v) is 5.40. The van der Waals surface area contributed by atoms with Gasteiger partial charge < -0.3 is 14.8 Å². The maximum Gasteiger partial charge on any atom is 0.411 e. The highest BCUT2D eigenvalue weighted by molar-refractivity contribution is 8.00. The zero-order chi connectivity index (χ0) is 19.2. The van der Waals surface area contributed by atoms with E-state index in [4.69, 9.17) is 9.47 Å². The summed E-state index contributed by atoms with van der Waals surface area (Å²) in [4.78, 5) is 38.4. The van der Waals surface area contributed by atoms with Gasteiger partial charge in [-0.3, -0.25) is 9.69 Å². The lowest BCUT2D eigenvalue weighted by atomic mass is 10.2. The number of methoxy groups -OCH3 is 1. The molecule has 1 fully saturated rings. The fraction of sp³-hybridized carbons (Fsp3) is 0.812. The highest BCUT2D eigenvalue weighted by Gasteiger charge is 2.42. The van der Waals surface area contributed by atoms with Gasteiger partial charge in [-0.1, -0.05) is 0 Å². The molecule has 1 aliphatic heterocycles. The van der Waals surface area contributed by atoms with Gasteiger partial charge in [-0.2, -0.15) is 11.8 Å². The lowest BCUT2D eigenvalue weighted by molar-refractivity contribution is -0.145. The van der Waals surface area contributed by atoms with Crippen molar-refractivity contribution in [3.63, 3.8) is 0 Å². The first-order valence-electron chi connectivity index (χ1n) is 8.10. The zero-order valence-electron chi connectivity index (χ0n) is 15.7. The molecule has 2 unspecified atom stereocenters. The predicted octanol–water partition coefficient (Wildman–Crippen LogP) is 2.10. The van der Waals surface area contributed by atoms with Crippen LogP contribution >= 0.6 is 23.5 Å². The third kappa shape index (κ3) is 6.62. The minimum Gasteiger partial charge on any atom is -0.467 e. The van der Waals surface area contributed by atoms with Crippen molar-refractivity contribution in [3.05, 3.63) is 0 Å². The Labute approximate surface area is 157 Å². The number of carbonyl (C=O) groups is 3. The van der Waals surface area contributed by atoms with Gasteiger partial charge in [0.25, 0.3) is 0 Å². The van der Waals surface area contributed by atoms with Crippen LogP contribution in [0.4, 0.5) is 4.79 Å². The van der Waals surface area contributed by atoms with Crippen LogP contribution in [-0.4, -0.2) is 70.8 Å². The summed E-state index contributed by atoms with van der Waals surface area (Å²) in [6.07, 6.45) is 1.88. The number of ether oxygens (including phenoxy) is 2. The molecule has 0 aromatic rings. The molecule has 1 heterocycles. The highest BCUT2D eigenvalue weighted by atomic mass is 32.2. The Morgan fingerprint density at radius 1 is 1.36 bits per heavy atom. The van der Waals surface area contributed by atoms with Gasteiger partial charge in [-0.05, 0) is 46.1 Å². The first kappa shape index (κ1) is 22.0. The minimum absolute atomic E-state index is 0.173. The number of esters is 1. The Morgan fingerprint density at radius 2 is 2.00 bits per heavy atom. The molecular formula is C16H28N2O5S2. The summed E-state index contributed by atoms with van der Waals surface area (Å²) in [5.41, 5.74) is -0.641. The lowest BCUT2D eigenvalue weighted by Crippen LogP contribution is -2.54. The van der Waals surface area contributed by atoms with Gasteiger partial charge in [0.05, 0.1) is 12.5 Å². The van der Waals surface area contributed by atoms with E-state index in [0.717, 1.165) is 0 Å². The number of carbonyl (C=O) groups excluding carboxylic acids is 3. The van der Waals surface area contributed by atoms with E-state index in [0.29, 0.717) is 17.9 Å². The van der Waals surface area contributed by atoms with Crippen molar-refractivity contribution in [1.82, 2.24) is 10.2 Å². The fourth-order valence-electron chi connectivity index (χ4n) is 2.33. The molecular weight excluding hydrogens is 364 g/mol. The molecule has 25 heavy (non-hydrogen) atoms. The number of hydrogen-bond acceptors (Lipinski definition) is 7. The van der Waals surface area contributed by atoms with Crippen LogP contribution in [0.1, 0.15) is 34.1 Å². The molecule has 0 aromatic heterocycles. The minimum atomic E-state index is -0.716. The van der Waals surface area contributed by atoms with Crippen molar-refractivity contribution in [2.45, 2.75) is 57.2 Å². The number of hydrogen-bond donors (Lipinski definition) is 1. The third-order valence-electron chi connectivity index (χ3n) is 3.54. The average molecular weight is 393 g/mol. The molecule has 0 spiro atoms. The molecule has 0 aliphatic carbocycles. The average Bonchev–Trinajstić information content (AvgIpc) is 2.90. The standard InChI is InChI=1S/C16H28N2O5S2/c1-10-18(15(21)23-16(2,3)4)12(9-25-10)13(19)17-11(7-8-24-6)14(20)22-5/h10-12H,7-9H2,1-6H3,(H,17,19)/t10?,11-,12?/m0/s1. The summed E-state index contributed by atoms with van der Waals surface area (Å²) in [6.45, 7) is 7.20. The van der Waals surface area contributed by atoms with E-state index in [1.54, 1.807) is 32.5 Å². The normalized spacial score (nSPS) is 21.6. The molecule has 2 amide bonds. The van der Waals surface area contributed by atoms with Crippen molar-refractivity contribution < 1.29 is 23.9 Å². The molecule has 0 saturated carbocycles. The predicted molar refractivity (Wildman–Crippen MR) is 101 cm³/mol. The molecule has 1 N–H and O–H groups in total. The molecule has 9 heteroatoms. The van der Waals surface area contributed by atoms with Crippen LogP contribution in [0.15, 0.2) is 0 Å². The van der Waals surface area contributed by atoms with E-state index < -0.39 is 29.7 Å². The maximum absolute atomic E-state index is 12.7. The van der Waals surface area contributed by atoms with E-state index in [1.807, 2.05) is 13.2 Å². The van der Waals surface area contributed by atoms with Gasteiger partial charge in [-0.15, -0.1) is 11.8 Å². The summed E-state index contributed by atoms with van der Waals surface area (Å²) in [5.74, 6) is 0.332. The van der Waals surface area contributed by atoms with Gasteiger partial charge >= 0.3 is 12.1 Å². The number of rotatable bonds is 6. The van der Waals surface area contributed by atoms with Crippen LogP contribution in [0.2, 0.25) is 0 Å². The van der Waals surface area contributed by atoms with E-state index in [2.05, 4.69) is 5.32 Å². The summed E-state index contributed by atoms with van der Waals surface area (Å²) < 4.78 is 10.2. The Bertz CT molecular complexity index is 495. The van der Waals surface area contributed by atoms with E-state index in [-0.39, 0.29) is 11.3 Å². The summed E-state index contributed by atoms with van der Waals surface area (Å²) in [5, 5.41) is 2.55. The number of nitrogens with zero attached hydrogens (tertiary/aromatic N) is 1. The zero-order valence-corrected chi connectivity index (χ0v) is 17.3. The number of nitrogens with one attached hydrogen (secondary N) is 1. The molecule has 0 bridgehead atoms. The smallest absolute Gasteiger partial charge is 0.411 e. The first-order valence-corrected chi connectivity index (χ1v) is 10.5. The quantitative estimate of drug-likeness (QED) is 0.693. The summed E-state index contributed by atoms with van der Waals surface area (Å²) >= 11 is 3.08. The van der Waals surface area contributed by atoms with Crippen molar-refractivity contribution >= 4 is 41.5 Å². The van der Waals surface area contributed by atoms with Crippen molar-refractivity contribution in [1.29, 1.82) is 0 Å². The molecule has 1 aliphatic rings. The van der Waals surface area contributed by atoms with Crippen LogP contribution in [0.5, 0.6) is 0 Å². The van der Waals surface area contributed by atoms with Gasteiger partial charge in [0, 0.05) is 5.75 Å². The van der Waals surface area contributed by atoms with Gasteiger partial charge in [-0.25, -0.2) is 9.59 Å². The Morgan fingerprint density at radius 3 is 2.52 bits per heavy atom. The topological polar surface area (TPSA) is 84.9 Å². The number of thioether (sulfide) groups is 2. The van der Waals surface area contributed by atoms with Crippen LogP contribution in [0, 0.1) is 0 Å². The largest absolute Gasteiger partial charge is 0.467 e. The van der Waals surface area contributed by atoms with E-state index in [1.165, 1.54) is 23.8 Å². The van der Waals surface area contributed by atoms with Crippen molar-refractivity contribution in [2.75, 3.05) is 24.9 Å². The van der Waals surface area contributed by atoms with Crippen LogP contribution in [0.25, 0.3) is 0 Å².